The fourth-order valence-electron chi connectivity index (χ4n) is 23.5. The summed E-state index contributed by atoms with van der Waals surface area (Å²) in [5.74, 6) is -1.60. The Bertz CT molecular complexity index is 6470. The molecule has 1 radical (unpaired) electrons. The highest BCUT2D eigenvalue weighted by atomic mass is 16.6. The fraction of sp³-hybridized carbons (Fsp3) is 0.423. The van der Waals surface area contributed by atoms with Gasteiger partial charge in [0.2, 0.25) is 0 Å². The zero-order valence-corrected chi connectivity index (χ0v) is 97.1. The smallest absolute Gasteiger partial charge is 0.310 e. The van der Waals surface area contributed by atoms with Crippen LogP contribution >= 0.6 is 0 Å². The van der Waals surface area contributed by atoms with Gasteiger partial charge in [0.25, 0.3) is 0 Å². The average Bonchev–Trinajstić information content (AvgIpc) is 1.56. The Kier molecular flexibility index (Phi) is 35.8. The van der Waals surface area contributed by atoms with Crippen LogP contribution in [0.15, 0.2) is 273 Å². The van der Waals surface area contributed by atoms with Crippen LogP contribution in [-0.4, -0.2) is 95.8 Å². The van der Waals surface area contributed by atoms with Gasteiger partial charge in [0, 0.05) is 76.0 Å². The van der Waals surface area contributed by atoms with Gasteiger partial charge in [-0.1, -0.05) is 348 Å². The number of ketones is 1. The zero-order valence-electron chi connectivity index (χ0n) is 97.1. The topological polar surface area (TPSA) is 160 Å². The second-order valence-corrected chi connectivity index (χ2v) is 50.8. The molecule has 4 N–H and O–H groups in total. The van der Waals surface area contributed by atoms with Crippen LogP contribution in [0.4, 0.5) is 5.69 Å². The lowest BCUT2D eigenvalue weighted by Gasteiger charge is -2.51. The molecule has 12 nitrogen and oxygen atoms in total. The molecule has 793 valence electrons. The molecule has 0 spiro atoms. The quantitative estimate of drug-likeness (QED) is 0.0296. The molecule has 0 amide bonds. The van der Waals surface area contributed by atoms with Gasteiger partial charge in [-0.25, -0.2) is 0 Å². The third kappa shape index (κ3) is 25.9. The van der Waals surface area contributed by atoms with Gasteiger partial charge in [-0.3, -0.25) is 24.7 Å². The Morgan fingerprint density at radius 1 is 0.467 bits per heavy atom. The number of hydrogen-bond acceptors (Lipinski definition) is 12. The molecule has 2 heterocycles. The number of aryl methyl sites for hydroxylation is 6. The molecule has 0 bridgehead atoms. The SMILES string of the molecule is C/C=C(/C)c1ccc(C(=C2c3ccccc3-c3ccccc32)C2c3ccccc3-c3ccccc32)cc1.C/C=C(/C)c1ccc(N(O)C(C)(C)C)cc1.C=CC1CC(C=C)C(C(=O)OC2CC(C)(C)N(O)C(C)(C)C2)C1C(=O)OC1CC(C)(C)N(O)C(C)(C)C1.CCC(C)c1ccc(C(=C2C=C(C(C)(C)C)C(=O)C(C(C)(C)C)=C2)c2cc(C(C)(C)C)c(O)c(C(C)(C)C)c2)cc1.Cc1cc(C)c([B]c2c(C)cc(C)cc2C)c(C)c1. The average molecular weight is 2020 g/mol. The molecule has 4 aliphatic carbocycles. The molecule has 16 rings (SSSR count). The highest BCUT2D eigenvalue weighted by molar-refractivity contribution is 6.69. The standard InChI is InChI=1S/C39H54O2.C37H28.C29H48N2O6.C18H22B.C14H21NO/c1-15-24(2)25-16-18-26(19-17-25)33(27-20-29(36(3,4)5)34(40)30(21-27)37(6,7)8)28-22-31(38(9,10)11)35(41)32(23-28)39(12,13)14;1-3-24(2)25-20-22-26(23-21-25)35(36-31-16-8-4-12-27(31)28-13-5-9-17-32(28)36)37-33-18-10-6-14-29(33)30-15-7-11-19-34(30)37;1-11-18-13-19(12-2)23(25(33)37-21-16-28(7,8)31(35)29(9,10)17-21)22(18)24(32)36-20-14-26(3,4)30(34)27(5,6)15-20;1-11-7-13(3)17(14(4)8-11)19-18-15(5)9-12(2)10-16(18)6;1-6-11(2)12-7-9-13(10-8-12)15(16)14(3,4)5/h16-24,40H,15H2,1-14H3;3-23,36H,1-2H3;11-12,18-23,34-35H,1-2,13-17H2,3-10H3;7-10H,1-6H3;6-10,16H,1-5H3/b;24-3-;;;11-6-. The predicted molar refractivity (Wildman–Crippen MR) is 631 cm³/mol. The maximum Gasteiger partial charge on any atom is 0.310 e. The second-order valence-electron chi connectivity index (χ2n) is 50.8. The minimum absolute atomic E-state index is 0.136. The number of Topliss-reactive ketones (excluding diaryl/α,β-unsaturated/α-hetero) is 1. The van der Waals surface area contributed by atoms with E-state index < -0.39 is 45.9 Å². The van der Waals surface area contributed by atoms with E-state index in [0.29, 0.717) is 43.8 Å². The van der Waals surface area contributed by atoms with Crippen molar-refractivity contribution in [3.8, 4) is 28.0 Å². The van der Waals surface area contributed by atoms with Crippen LogP contribution in [0.25, 0.3) is 50.1 Å². The Morgan fingerprint density at radius 3 is 1.13 bits per heavy atom. The first-order valence-electron chi connectivity index (χ1n) is 54.4. The van der Waals surface area contributed by atoms with E-state index in [1.165, 1.54) is 149 Å². The molecular weight excluding hydrogens is 1840 g/mol. The minimum atomic E-state index is -0.717. The monoisotopic (exact) mass is 2020 g/mol. The number of esters is 2. The Labute approximate surface area is 902 Å². The summed E-state index contributed by atoms with van der Waals surface area (Å²) in [5.41, 5.74) is 37.0. The normalized spacial score (nSPS) is 18.8. The lowest BCUT2D eigenvalue weighted by Crippen LogP contribution is -2.61. The van der Waals surface area contributed by atoms with Crippen molar-refractivity contribution < 1.29 is 44.6 Å². The molecule has 2 saturated heterocycles. The fourth-order valence-corrected chi connectivity index (χ4v) is 23.5. The van der Waals surface area contributed by atoms with Gasteiger partial charge >= 0.3 is 11.9 Å². The minimum Gasteiger partial charge on any atom is -0.507 e. The summed E-state index contributed by atoms with van der Waals surface area (Å²) in [5, 5.41) is 46.7. The van der Waals surface area contributed by atoms with E-state index in [1.54, 1.807) is 12.2 Å². The largest absolute Gasteiger partial charge is 0.507 e. The van der Waals surface area contributed by atoms with Crippen LogP contribution < -0.4 is 16.0 Å². The van der Waals surface area contributed by atoms with Crippen LogP contribution in [0.3, 0.4) is 0 Å². The lowest BCUT2D eigenvalue weighted by atomic mass is 9.58. The maximum atomic E-state index is 13.8. The third-order valence-electron chi connectivity index (χ3n) is 31.7. The van der Waals surface area contributed by atoms with Gasteiger partial charge < -0.3 is 25.0 Å². The molecule has 2 aliphatic heterocycles. The van der Waals surface area contributed by atoms with E-state index in [-0.39, 0.29) is 62.9 Å². The van der Waals surface area contributed by atoms with Gasteiger partial charge in [0.05, 0.1) is 23.1 Å². The van der Waals surface area contributed by atoms with Crippen molar-refractivity contribution >= 4 is 69.5 Å². The molecule has 150 heavy (non-hydrogen) atoms. The highest BCUT2D eigenvalue weighted by Gasteiger charge is 2.55. The molecule has 3 fully saturated rings. The number of aromatic hydroxyl groups is 1. The third-order valence-corrected chi connectivity index (χ3v) is 31.7. The number of ether oxygens (including phenoxy) is 2. The van der Waals surface area contributed by atoms with E-state index in [9.17, 15) is 35.1 Å². The van der Waals surface area contributed by atoms with E-state index >= 15 is 0 Å². The summed E-state index contributed by atoms with van der Waals surface area (Å²) in [6, 6.07) is 75.2. The number of rotatable bonds is 17. The van der Waals surface area contributed by atoms with E-state index in [2.05, 4.69) is 386 Å². The lowest BCUT2D eigenvalue weighted by molar-refractivity contribution is -0.261. The first-order chi connectivity index (χ1) is 69.9. The maximum absolute atomic E-state index is 13.8. The van der Waals surface area contributed by atoms with E-state index in [1.807, 2.05) is 107 Å². The van der Waals surface area contributed by atoms with Gasteiger partial charge in [0.1, 0.15) is 18.0 Å². The first kappa shape index (κ1) is 117. The summed E-state index contributed by atoms with van der Waals surface area (Å²) in [6.45, 7) is 80.8. The number of phenols is 1. The van der Waals surface area contributed by atoms with Gasteiger partial charge in [-0.2, -0.15) is 10.1 Å². The molecule has 13 heteroatoms. The number of phenolic OH excluding ortho intramolecular Hbond substituents is 1. The first-order valence-corrected chi connectivity index (χ1v) is 54.4. The number of piperidine rings is 2. The van der Waals surface area contributed by atoms with Crippen LogP contribution in [0.1, 0.15) is 351 Å². The number of anilines is 1. The summed E-state index contributed by atoms with van der Waals surface area (Å²) in [6.07, 6.45) is 14.8. The highest BCUT2D eigenvalue weighted by Crippen LogP contribution is 2.58. The number of hydrogen-bond donors (Lipinski definition) is 4. The Hall–Kier alpha value is -11.8. The van der Waals surface area contributed by atoms with Crippen LogP contribution in [0.5, 0.6) is 5.75 Å². The predicted octanol–water partition coefficient (Wildman–Crippen LogP) is 33.1. The van der Waals surface area contributed by atoms with Crippen molar-refractivity contribution in [1.82, 2.24) is 10.1 Å². The molecule has 1 saturated carbocycles. The van der Waals surface area contributed by atoms with Gasteiger partial charge in [-0.15, -0.1) is 13.2 Å². The summed E-state index contributed by atoms with van der Waals surface area (Å²) < 4.78 is 12.1. The van der Waals surface area contributed by atoms with Crippen molar-refractivity contribution in [2.75, 3.05) is 5.06 Å². The van der Waals surface area contributed by atoms with Crippen molar-refractivity contribution in [2.24, 2.45) is 34.5 Å². The molecule has 0 aromatic heterocycles. The number of nitrogens with zero attached hydrogens (tertiary/aromatic N) is 3. The molecular formula is C137H173BN3O9. The van der Waals surface area contributed by atoms with Gasteiger partial charge in [-0.05, 0) is 345 Å². The second kappa shape index (κ2) is 46.0. The summed E-state index contributed by atoms with van der Waals surface area (Å²) >= 11 is 0. The number of carbonyl (C=O) groups is 3. The number of benzene rings is 10. The van der Waals surface area contributed by atoms with Crippen LogP contribution in [-0.2, 0) is 34.7 Å². The molecule has 6 aliphatic rings. The number of hydroxylamine groups is 5. The Balaban J connectivity index is 0.000000172. The molecule has 10 aromatic carbocycles. The number of carbonyl (C=O) groups excluding carboxylic acids is 3. The van der Waals surface area contributed by atoms with Gasteiger partial charge in [0.15, 0.2) is 13.1 Å². The van der Waals surface area contributed by atoms with Crippen molar-refractivity contribution in [3.63, 3.8) is 0 Å². The zero-order chi connectivity index (χ0) is 111. The van der Waals surface area contributed by atoms with Crippen molar-refractivity contribution in [1.29, 1.82) is 0 Å². The number of allylic oxidation sites excluding steroid dienone is 12. The van der Waals surface area contributed by atoms with Crippen molar-refractivity contribution in [2.45, 2.75) is 343 Å². The van der Waals surface area contributed by atoms with E-state index in [4.69, 9.17) is 9.47 Å². The molecule has 5 atom stereocenters. The van der Waals surface area contributed by atoms with Crippen LogP contribution in [0, 0.1) is 76.0 Å². The Morgan fingerprint density at radius 2 is 0.800 bits per heavy atom. The van der Waals surface area contributed by atoms with Crippen molar-refractivity contribution in [3.05, 3.63) is 373 Å². The summed E-state index contributed by atoms with van der Waals surface area (Å²) in [4.78, 5) is 41.2. The molecule has 10 aromatic rings. The molecule has 5 unspecified atom stereocenters. The summed E-state index contributed by atoms with van der Waals surface area (Å²) in [7, 11) is 2.34. The van der Waals surface area contributed by atoms with Crippen LogP contribution in [0.2, 0.25) is 0 Å². The van der Waals surface area contributed by atoms with E-state index in [0.717, 1.165) is 56.7 Å². The number of fused-ring (bicyclic) bond motifs is 6.